The number of nitrogens with one attached hydrogen (secondary N) is 2. The minimum Gasteiger partial charge on any atom is -0.462 e. The fraction of sp³-hybridized carbons (Fsp3) is 0.353. The van der Waals surface area contributed by atoms with Gasteiger partial charge in [0.2, 0.25) is 0 Å². The van der Waals surface area contributed by atoms with E-state index in [0.29, 0.717) is 0 Å². The van der Waals surface area contributed by atoms with Crippen LogP contribution >= 0.6 is 0 Å². The first kappa shape index (κ1) is 35.9. The van der Waals surface area contributed by atoms with Crippen LogP contribution in [0.2, 0.25) is 0 Å². The summed E-state index contributed by atoms with van der Waals surface area (Å²) in [6, 6.07) is 22.1. The maximum Gasteiger partial charge on any atom is 0.329 e. The van der Waals surface area contributed by atoms with Crippen LogP contribution in [-0.4, -0.2) is 98.9 Å². The molecule has 3 rings (SSSR count). The van der Waals surface area contributed by atoms with Crippen LogP contribution in [0.25, 0.3) is 0 Å². The zero-order valence-corrected chi connectivity index (χ0v) is 25.5. The fourth-order valence-corrected chi connectivity index (χ4v) is 4.28. The predicted molar refractivity (Wildman–Crippen MR) is 167 cm³/mol. The van der Waals surface area contributed by atoms with Crippen LogP contribution in [0.3, 0.4) is 0 Å². The lowest BCUT2D eigenvalue weighted by atomic mass is 10.0. The van der Waals surface area contributed by atoms with E-state index in [1.807, 2.05) is 60.7 Å². The highest BCUT2D eigenvalue weighted by Gasteiger charge is 2.25. The highest BCUT2D eigenvalue weighted by atomic mass is 16.6. The number of aliphatic hydroxyl groups excluding tert-OH is 2. The number of hydrogen-bond acceptors (Lipinski definition) is 10. The van der Waals surface area contributed by atoms with Gasteiger partial charge in [0.25, 0.3) is 11.8 Å². The molecule has 0 radical (unpaired) electrons. The predicted octanol–water partition coefficient (Wildman–Crippen LogP) is 1.47. The highest BCUT2D eigenvalue weighted by molar-refractivity contribution is 6.00. The lowest BCUT2D eigenvalue weighted by Crippen LogP contribution is -2.44. The summed E-state index contributed by atoms with van der Waals surface area (Å²) >= 11 is 0. The Morgan fingerprint density at radius 2 is 0.891 bits per heavy atom. The van der Waals surface area contributed by atoms with Gasteiger partial charge in [-0.25, -0.2) is 9.59 Å². The van der Waals surface area contributed by atoms with E-state index in [2.05, 4.69) is 10.6 Å². The van der Waals surface area contributed by atoms with Crippen molar-refractivity contribution in [3.05, 3.63) is 107 Å². The van der Waals surface area contributed by atoms with Crippen molar-refractivity contribution in [2.45, 2.75) is 24.9 Å². The zero-order chi connectivity index (χ0) is 33.0. The van der Waals surface area contributed by atoms with Crippen molar-refractivity contribution >= 4 is 23.8 Å². The monoisotopic (exact) mass is 636 g/mol. The van der Waals surface area contributed by atoms with E-state index in [0.717, 1.165) is 11.1 Å². The number of aliphatic hydroxyl groups is 2. The summed E-state index contributed by atoms with van der Waals surface area (Å²) in [5, 5.41) is 23.1. The summed E-state index contributed by atoms with van der Waals surface area (Å²) in [7, 11) is 0. The van der Waals surface area contributed by atoms with Gasteiger partial charge in [0.1, 0.15) is 25.3 Å². The molecule has 2 amide bonds. The van der Waals surface area contributed by atoms with Gasteiger partial charge >= 0.3 is 11.9 Å². The summed E-state index contributed by atoms with van der Waals surface area (Å²) in [6.45, 7) is 0.0644. The molecule has 0 unspecified atom stereocenters. The molecular weight excluding hydrogens is 596 g/mol. The maximum atomic E-state index is 13.1. The molecule has 0 fully saturated rings. The fourth-order valence-electron chi connectivity index (χ4n) is 4.28. The van der Waals surface area contributed by atoms with Crippen molar-refractivity contribution in [1.29, 1.82) is 0 Å². The Morgan fingerprint density at radius 1 is 0.522 bits per heavy atom. The van der Waals surface area contributed by atoms with E-state index >= 15 is 0 Å². The van der Waals surface area contributed by atoms with Crippen molar-refractivity contribution in [3.63, 3.8) is 0 Å². The molecule has 2 atom stereocenters. The third-order valence-electron chi connectivity index (χ3n) is 6.57. The van der Waals surface area contributed by atoms with Crippen LogP contribution in [-0.2, 0) is 41.4 Å². The first-order valence-corrected chi connectivity index (χ1v) is 14.9. The van der Waals surface area contributed by atoms with Gasteiger partial charge in [-0.05, 0) is 35.4 Å². The second-order valence-corrected chi connectivity index (χ2v) is 10.0. The van der Waals surface area contributed by atoms with Crippen molar-refractivity contribution in [3.8, 4) is 0 Å². The molecule has 3 aromatic rings. The molecule has 0 aliphatic carbocycles. The molecule has 12 nitrogen and oxygen atoms in total. The molecule has 0 heterocycles. The second kappa shape index (κ2) is 20.4. The summed E-state index contributed by atoms with van der Waals surface area (Å²) in [5.41, 5.74) is 2.04. The van der Waals surface area contributed by atoms with Gasteiger partial charge in [-0.3, -0.25) is 9.59 Å². The molecule has 3 aromatic carbocycles. The quantitative estimate of drug-likeness (QED) is 0.105. The molecule has 12 heteroatoms. The molecule has 0 spiro atoms. The Labute approximate surface area is 267 Å². The Hall–Kier alpha value is -4.62. The number of ether oxygens (including phenoxy) is 4. The number of amides is 2. The molecule has 0 bridgehead atoms. The van der Waals surface area contributed by atoms with Crippen LogP contribution in [0, 0.1) is 0 Å². The van der Waals surface area contributed by atoms with Crippen molar-refractivity contribution in [1.82, 2.24) is 10.6 Å². The van der Waals surface area contributed by atoms with E-state index in [9.17, 15) is 19.2 Å². The topological polar surface area (TPSA) is 170 Å². The zero-order valence-electron chi connectivity index (χ0n) is 25.5. The van der Waals surface area contributed by atoms with Gasteiger partial charge in [0.15, 0.2) is 0 Å². The molecule has 246 valence electrons. The van der Waals surface area contributed by atoms with E-state index in [1.54, 1.807) is 0 Å². The van der Waals surface area contributed by atoms with Crippen molar-refractivity contribution in [2.24, 2.45) is 0 Å². The molecule has 46 heavy (non-hydrogen) atoms. The van der Waals surface area contributed by atoms with Gasteiger partial charge in [-0.2, -0.15) is 0 Å². The van der Waals surface area contributed by atoms with E-state index < -0.39 is 35.8 Å². The normalized spacial score (nSPS) is 12.0. The Balaban J connectivity index is 1.64. The SMILES string of the molecule is O=C(N[C@H](Cc1ccccc1)C(=O)OCCOCCO)c1ccc(C(=O)N[C@H](Cc2ccccc2)C(=O)OCCOCCO)cc1. The first-order chi connectivity index (χ1) is 22.4. The third kappa shape index (κ3) is 12.8. The van der Waals surface area contributed by atoms with Crippen LogP contribution < -0.4 is 10.6 Å². The van der Waals surface area contributed by atoms with Gasteiger partial charge in [0, 0.05) is 24.0 Å². The Kier molecular flexibility index (Phi) is 15.9. The smallest absolute Gasteiger partial charge is 0.329 e. The average molecular weight is 637 g/mol. The Bertz CT molecular complexity index is 1250. The molecule has 0 saturated heterocycles. The molecule has 0 saturated carbocycles. The standard InChI is InChI=1S/C34H40N2O10/c37-15-17-43-19-21-45-33(41)29(23-25-7-3-1-4-8-25)35-31(39)27-11-13-28(14-12-27)32(40)36-30(24-26-9-5-2-6-10-26)34(42)46-22-20-44-18-16-38/h1-14,29-30,37-38H,15-24H2,(H,35,39)(H,36,40)/t29-,30-/m1/s1. The number of benzene rings is 3. The number of rotatable bonds is 20. The van der Waals surface area contributed by atoms with E-state index in [1.165, 1.54) is 24.3 Å². The number of carbonyl (C=O) groups is 4. The second-order valence-electron chi connectivity index (χ2n) is 10.0. The summed E-state index contributed by atoms with van der Waals surface area (Å²) in [5.74, 6) is -2.38. The largest absolute Gasteiger partial charge is 0.462 e. The Morgan fingerprint density at radius 3 is 1.24 bits per heavy atom. The number of esters is 2. The van der Waals surface area contributed by atoms with Gasteiger partial charge in [-0.15, -0.1) is 0 Å². The van der Waals surface area contributed by atoms with Gasteiger partial charge in [0.05, 0.1) is 39.6 Å². The summed E-state index contributed by atoms with van der Waals surface area (Å²) in [4.78, 5) is 51.9. The first-order valence-electron chi connectivity index (χ1n) is 14.9. The molecule has 0 aliphatic heterocycles. The van der Waals surface area contributed by atoms with Gasteiger partial charge < -0.3 is 39.8 Å². The molecular formula is C34H40N2O10. The minimum absolute atomic E-state index is 0.0416. The maximum absolute atomic E-state index is 13.1. The van der Waals surface area contributed by atoms with Crippen LogP contribution in [0.4, 0.5) is 0 Å². The number of carbonyl (C=O) groups excluding carboxylic acids is 4. The molecule has 0 aliphatic rings. The highest BCUT2D eigenvalue weighted by Crippen LogP contribution is 2.11. The summed E-state index contributed by atoms with van der Waals surface area (Å²) < 4.78 is 20.8. The van der Waals surface area contributed by atoms with E-state index in [4.69, 9.17) is 29.2 Å². The van der Waals surface area contributed by atoms with Crippen LogP contribution in [0.15, 0.2) is 84.9 Å². The molecule has 0 aromatic heterocycles. The third-order valence-corrected chi connectivity index (χ3v) is 6.57. The van der Waals surface area contributed by atoms with Crippen LogP contribution in [0.1, 0.15) is 31.8 Å². The van der Waals surface area contributed by atoms with Crippen LogP contribution in [0.5, 0.6) is 0 Å². The lowest BCUT2D eigenvalue weighted by molar-refractivity contribution is -0.148. The average Bonchev–Trinajstić information content (AvgIpc) is 3.08. The van der Waals surface area contributed by atoms with Gasteiger partial charge in [-0.1, -0.05) is 60.7 Å². The van der Waals surface area contributed by atoms with Crippen molar-refractivity contribution in [2.75, 3.05) is 52.9 Å². The minimum atomic E-state index is -0.991. The van der Waals surface area contributed by atoms with E-state index in [-0.39, 0.29) is 76.8 Å². The van der Waals surface area contributed by atoms with Crippen molar-refractivity contribution < 1.29 is 48.3 Å². The summed E-state index contributed by atoms with van der Waals surface area (Å²) in [6.07, 6.45) is 0.381. The lowest BCUT2D eigenvalue weighted by Gasteiger charge is -2.19. The molecule has 4 N–H and O–H groups in total. The number of hydrogen-bond donors (Lipinski definition) is 4.